The number of nitrogens with two attached hydrogens (primary N) is 2. The van der Waals surface area contributed by atoms with Crippen molar-refractivity contribution in [2.24, 2.45) is 11.5 Å². The van der Waals surface area contributed by atoms with Gasteiger partial charge < -0.3 is 21.9 Å². The summed E-state index contributed by atoms with van der Waals surface area (Å²) in [7, 11) is 0. The largest absolute Gasteiger partial charge is 0.479 e. The molecule has 0 aromatic heterocycles. The molecule has 0 heterocycles. The first-order valence-electron chi connectivity index (χ1n) is 5.62. The van der Waals surface area contributed by atoms with Gasteiger partial charge in [-0.25, -0.2) is 9.59 Å². The molecule has 0 aromatic rings. The van der Waals surface area contributed by atoms with E-state index < -0.39 is 29.5 Å². The molecule has 0 rings (SSSR count). The maximum Gasteiger partial charge on any atom is 0.329 e. The second kappa shape index (κ2) is 7.48. The zero-order valence-corrected chi connectivity index (χ0v) is 13.0. The predicted octanol–water partition coefficient (Wildman–Crippen LogP) is -0.196. The smallest absolute Gasteiger partial charge is 0.329 e. The van der Waals surface area contributed by atoms with E-state index in [0.29, 0.717) is 19.4 Å². The fourth-order valence-corrected chi connectivity index (χ4v) is 1.73. The number of nitrogens with one attached hydrogen (secondary N) is 1. The van der Waals surface area contributed by atoms with Crippen LogP contribution in [0, 0.1) is 0 Å². The number of nitrogens with zero attached hydrogens (tertiary/aromatic N) is 1. The lowest BCUT2D eigenvalue weighted by atomic mass is 10.0. The fourth-order valence-electron chi connectivity index (χ4n) is 1.16. The molecule has 0 aliphatic heterocycles. The van der Waals surface area contributed by atoms with Gasteiger partial charge >= 0.3 is 12.0 Å². The van der Waals surface area contributed by atoms with Gasteiger partial charge in [0.15, 0.2) is 0 Å². The number of carboxylic acid groups (broad SMARTS) is 1. The van der Waals surface area contributed by atoms with Crippen molar-refractivity contribution in [1.82, 2.24) is 8.43 Å². The zero-order valence-electron chi connectivity index (χ0n) is 10.9. The molecular formula is C10H19IN4O4. The van der Waals surface area contributed by atoms with Gasteiger partial charge in [0.1, 0.15) is 5.54 Å². The Balaban J connectivity index is 4.33. The summed E-state index contributed by atoms with van der Waals surface area (Å²) in [5.74, 6) is -1.58. The Morgan fingerprint density at radius 1 is 1.42 bits per heavy atom. The SMILES string of the molecule is CC(C)(C(=O)O)N(I)C(=O)[C@@H](N)CCCNC(N)=O. The highest BCUT2D eigenvalue weighted by Gasteiger charge is 2.38. The van der Waals surface area contributed by atoms with E-state index in [1.165, 1.54) is 13.8 Å². The maximum absolute atomic E-state index is 11.9. The summed E-state index contributed by atoms with van der Waals surface area (Å²) in [6.07, 6.45) is 0.808. The zero-order chi connectivity index (χ0) is 15.2. The molecule has 0 saturated carbocycles. The Bertz CT molecular complexity index is 361. The lowest BCUT2D eigenvalue weighted by Gasteiger charge is -2.31. The van der Waals surface area contributed by atoms with E-state index in [0.717, 1.165) is 3.11 Å². The minimum Gasteiger partial charge on any atom is -0.479 e. The third-order valence-electron chi connectivity index (χ3n) is 2.52. The van der Waals surface area contributed by atoms with Crippen LogP contribution in [-0.4, -0.2) is 44.3 Å². The molecule has 3 amide bonds. The van der Waals surface area contributed by atoms with Gasteiger partial charge in [0, 0.05) is 6.54 Å². The molecular weight excluding hydrogens is 367 g/mol. The number of carboxylic acids is 1. The molecule has 0 unspecified atom stereocenters. The van der Waals surface area contributed by atoms with Crippen LogP contribution in [0.25, 0.3) is 0 Å². The van der Waals surface area contributed by atoms with Gasteiger partial charge in [0.05, 0.1) is 28.9 Å². The maximum atomic E-state index is 11.9. The van der Waals surface area contributed by atoms with Gasteiger partial charge in [-0.05, 0) is 26.7 Å². The molecule has 0 aliphatic rings. The highest BCUT2D eigenvalue weighted by molar-refractivity contribution is 14.1. The van der Waals surface area contributed by atoms with E-state index in [-0.39, 0.29) is 0 Å². The highest BCUT2D eigenvalue weighted by atomic mass is 127. The van der Waals surface area contributed by atoms with E-state index in [9.17, 15) is 14.4 Å². The molecule has 0 radical (unpaired) electrons. The molecule has 9 heteroatoms. The van der Waals surface area contributed by atoms with Crippen LogP contribution in [0.1, 0.15) is 26.7 Å². The molecule has 0 bridgehead atoms. The van der Waals surface area contributed by atoms with Crippen LogP contribution in [0.3, 0.4) is 0 Å². The van der Waals surface area contributed by atoms with E-state index in [1.54, 1.807) is 22.9 Å². The van der Waals surface area contributed by atoms with Crippen LogP contribution >= 0.6 is 22.9 Å². The van der Waals surface area contributed by atoms with Gasteiger partial charge in [-0.2, -0.15) is 0 Å². The van der Waals surface area contributed by atoms with Crippen molar-refractivity contribution in [2.75, 3.05) is 6.54 Å². The molecule has 19 heavy (non-hydrogen) atoms. The van der Waals surface area contributed by atoms with E-state index in [4.69, 9.17) is 16.6 Å². The number of aliphatic carboxylic acids is 1. The molecule has 8 nitrogen and oxygen atoms in total. The van der Waals surface area contributed by atoms with Crippen molar-refractivity contribution in [3.05, 3.63) is 0 Å². The average Bonchev–Trinajstić information content (AvgIpc) is 2.31. The number of halogens is 1. The summed E-state index contributed by atoms with van der Waals surface area (Å²) >= 11 is 1.65. The normalized spacial score (nSPS) is 12.6. The van der Waals surface area contributed by atoms with Crippen LogP contribution in [-0.2, 0) is 9.59 Å². The number of hydrogen-bond donors (Lipinski definition) is 4. The molecule has 0 saturated heterocycles. The van der Waals surface area contributed by atoms with Crippen molar-refractivity contribution < 1.29 is 19.5 Å². The predicted molar refractivity (Wildman–Crippen MR) is 77.4 cm³/mol. The van der Waals surface area contributed by atoms with Crippen LogP contribution in [0.4, 0.5) is 4.79 Å². The number of carbonyl (C=O) groups is 3. The Labute approximate surface area is 125 Å². The second-order valence-corrected chi connectivity index (χ2v) is 5.49. The topological polar surface area (TPSA) is 139 Å². The number of amides is 3. The minimum atomic E-state index is -1.33. The first-order valence-corrected chi connectivity index (χ1v) is 6.59. The van der Waals surface area contributed by atoms with Crippen molar-refractivity contribution in [3.8, 4) is 0 Å². The monoisotopic (exact) mass is 386 g/mol. The Morgan fingerprint density at radius 2 is 1.95 bits per heavy atom. The minimum absolute atomic E-state index is 0.319. The van der Waals surface area contributed by atoms with Crippen LogP contribution in [0.5, 0.6) is 0 Å². The standard InChI is InChI=1S/C10H19IN4O4/c1-10(2,8(17)18)15(11)7(16)6(12)4-3-5-14-9(13)19/h6H,3-5,12H2,1-2H3,(H,17,18)(H3,13,14,19)/t6-/m0/s1. The summed E-state index contributed by atoms with van der Waals surface area (Å²) in [4.78, 5) is 33.4. The molecule has 6 N–H and O–H groups in total. The molecule has 1 atom stereocenters. The number of urea groups is 1. The van der Waals surface area contributed by atoms with E-state index in [1.807, 2.05) is 0 Å². The Kier molecular flexibility index (Phi) is 7.05. The van der Waals surface area contributed by atoms with Crippen molar-refractivity contribution in [1.29, 1.82) is 0 Å². The van der Waals surface area contributed by atoms with Crippen LogP contribution < -0.4 is 16.8 Å². The van der Waals surface area contributed by atoms with Crippen molar-refractivity contribution in [3.63, 3.8) is 0 Å². The van der Waals surface area contributed by atoms with Crippen LogP contribution in [0.2, 0.25) is 0 Å². The van der Waals surface area contributed by atoms with E-state index >= 15 is 0 Å². The second-order valence-electron chi connectivity index (χ2n) is 4.52. The van der Waals surface area contributed by atoms with Crippen molar-refractivity contribution >= 4 is 40.8 Å². The van der Waals surface area contributed by atoms with E-state index in [2.05, 4.69) is 5.32 Å². The third kappa shape index (κ3) is 5.59. The lowest BCUT2D eigenvalue weighted by molar-refractivity contribution is -0.150. The number of primary amides is 1. The summed E-state index contributed by atoms with van der Waals surface area (Å²) in [6, 6.07) is -1.45. The van der Waals surface area contributed by atoms with Gasteiger partial charge in [-0.15, -0.1) is 0 Å². The van der Waals surface area contributed by atoms with Crippen molar-refractivity contribution in [2.45, 2.75) is 38.3 Å². The van der Waals surface area contributed by atoms with Gasteiger partial charge in [-0.3, -0.25) is 7.91 Å². The molecule has 0 spiro atoms. The highest BCUT2D eigenvalue weighted by Crippen LogP contribution is 2.21. The first kappa shape index (κ1) is 17.9. The molecule has 0 aliphatic carbocycles. The lowest BCUT2D eigenvalue weighted by Crippen LogP contribution is -2.52. The van der Waals surface area contributed by atoms with Gasteiger partial charge in [-0.1, -0.05) is 0 Å². The summed E-state index contributed by atoms with van der Waals surface area (Å²) in [5.41, 5.74) is 9.25. The quantitative estimate of drug-likeness (QED) is 0.273. The van der Waals surface area contributed by atoms with Gasteiger partial charge in [0.25, 0.3) is 0 Å². The number of carbonyl (C=O) groups excluding carboxylic acids is 2. The first-order chi connectivity index (χ1) is 8.60. The number of rotatable bonds is 7. The Hall–Kier alpha value is -1.10. The molecule has 0 aromatic carbocycles. The summed E-state index contributed by atoms with van der Waals surface area (Å²) < 4.78 is 1.08. The summed E-state index contributed by atoms with van der Waals surface area (Å²) in [6.45, 7) is 3.15. The Morgan fingerprint density at radius 3 is 2.37 bits per heavy atom. The molecule has 0 fully saturated rings. The summed E-state index contributed by atoms with van der Waals surface area (Å²) in [5, 5.41) is 11.4. The average molecular weight is 386 g/mol. The third-order valence-corrected chi connectivity index (χ3v) is 4.20. The molecule has 110 valence electrons. The van der Waals surface area contributed by atoms with Gasteiger partial charge in [0.2, 0.25) is 5.91 Å². The fraction of sp³-hybridized carbons (Fsp3) is 0.700. The number of hydrogen-bond acceptors (Lipinski definition) is 4. The van der Waals surface area contributed by atoms with Crippen LogP contribution in [0.15, 0.2) is 0 Å².